The molecule has 1 heterocycles. The maximum absolute atomic E-state index is 12.6. The van der Waals surface area contributed by atoms with Gasteiger partial charge in [-0.1, -0.05) is 48.5 Å². The molecule has 0 N–H and O–H groups in total. The van der Waals surface area contributed by atoms with Gasteiger partial charge in [0.05, 0.1) is 12.2 Å². The summed E-state index contributed by atoms with van der Waals surface area (Å²) in [6.45, 7) is 2.98. The number of rotatable bonds is 7. The number of benzene rings is 3. The van der Waals surface area contributed by atoms with Gasteiger partial charge in [-0.25, -0.2) is 0 Å². The Balaban J connectivity index is 1.41. The molecule has 0 amide bonds. The first kappa shape index (κ1) is 19.5. The molecule has 0 aromatic heterocycles. The predicted octanol–water partition coefficient (Wildman–Crippen LogP) is 5.79. The van der Waals surface area contributed by atoms with Crippen molar-refractivity contribution in [2.24, 2.45) is 0 Å². The van der Waals surface area contributed by atoms with E-state index in [2.05, 4.69) is 0 Å². The lowest BCUT2D eigenvalue weighted by Crippen LogP contribution is -1.98. The van der Waals surface area contributed by atoms with Crippen molar-refractivity contribution in [3.8, 4) is 17.2 Å². The van der Waals surface area contributed by atoms with Gasteiger partial charge >= 0.3 is 0 Å². The van der Waals surface area contributed by atoms with Crippen LogP contribution in [-0.2, 0) is 0 Å². The van der Waals surface area contributed by atoms with Gasteiger partial charge in [-0.3, -0.25) is 4.79 Å². The second-order valence-corrected chi connectivity index (χ2v) is 6.72. The fourth-order valence-electron chi connectivity index (χ4n) is 3.13. The second kappa shape index (κ2) is 9.14. The number of allylic oxidation sites excluding steroid dienone is 1. The van der Waals surface area contributed by atoms with Gasteiger partial charge in [-0.2, -0.15) is 0 Å². The zero-order valence-corrected chi connectivity index (χ0v) is 16.7. The molecule has 0 bridgehead atoms. The molecule has 4 nitrogen and oxygen atoms in total. The molecule has 0 saturated heterocycles. The fraction of sp³-hybridized carbons (Fsp3) is 0.115. The first-order valence-corrected chi connectivity index (χ1v) is 9.88. The van der Waals surface area contributed by atoms with Gasteiger partial charge < -0.3 is 14.2 Å². The van der Waals surface area contributed by atoms with E-state index >= 15 is 0 Å². The Kier molecular flexibility index (Phi) is 5.95. The van der Waals surface area contributed by atoms with Gasteiger partial charge in [0.1, 0.15) is 23.9 Å². The van der Waals surface area contributed by atoms with Crippen molar-refractivity contribution >= 4 is 17.9 Å². The molecule has 0 saturated carbocycles. The monoisotopic (exact) mass is 398 g/mol. The molecule has 0 radical (unpaired) electrons. The molecule has 3 aromatic rings. The smallest absolute Gasteiger partial charge is 0.231 e. The maximum Gasteiger partial charge on any atom is 0.231 e. The Bertz CT molecular complexity index is 1080. The topological polar surface area (TPSA) is 44.8 Å². The Morgan fingerprint density at radius 1 is 0.867 bits per heavy atom. The van der Waals surface area contributed by atoms with E-state index in [0.29, 0.717) is 36.0 Å². The number of Topliss-reactive ketones (excluding diaryl/α,β-unsaturated/α-hetero) is 1. The van der Waals surface area contributed by atoms with E-state index in [1.54, 1.807) is 24.3 Å². The SMILES string of the molecule is CCOc1ccc(C=C2Oc3cc(OCC=Cc4ccccc4)ccc3C2=O)cc1. The molecule has 3 aromatic carbocycles. The normalized spacial score (nSPS) is 14.0. The molecule has 150 valence electrons. The summed E-state index contributed by atoms with van der Waals surface area (Å²) in [5, 5.41) is 0. The molecule has 4 heteroatoms. The van der Waals surface area contributed by atoms with Crippen LogP contribution in [0.4, 0.5) is 0 Å². The van der Waals surface area contributed by atoms with Crippen LogP contribution in [-0.4, -0.2) is 19.0 Å². The van der Waals surface area contributed by atoms with E-state index in [4.69, 9.17) is 14.2 Å². The molecule has 0 atom stereocenters. The summed E-state index contributed by atoms with van der Waals surface area (Å²) >= 11 is 0. The van der Waals surface area contributed by atoms with E-state index in [0.717, 1.165) is 16.9 Å². The molecule has 30 heavy (non-hydrogen) atoms. The van der Waals surface area contributed by atoms with Crippen molar-refractivity contribution in [3.05, 3.63) is 101 Å². The van der Waals surface area contributed by atoms with Crippen molar-refractivity contribution in [1.82, 2.24) is 0 Å². The molecule has 0 unspecified atom stereocenters. The average Bonchev–Trinajstić information content (AvgIpc) is 3.08. The summed E-state index contributed by atoms with van der Waals surface area (Å²) in [6.07, 6.45) is 5.69. The van der Waals surface area contributed by atoms with Gasteiger partial charge in [-0.05, 0) is 54.5 Å². The summed E-state index contributed by atoms with van der Waals surface area (Å²) < 4.78 is 17.0. The Hall–Kier alpha value is -3.79. The van der Waals surface area contributed by atoms with Crippen molar-refractivity contribution in [1.29, 1.82) is 0 Å². The standard InChI is InChI=1S/C26H22O4/c1-2-28-21-12-10-20(11-13-21)17-25-26(27)23-15-14-22(18-24(23)30-25)29-16-6-9-19-7-4-3-5-8-19/h3-15,17-18H,2,16H2,1H3. The summed E-state index contributed by atoms with van der Waals surface area (Å²) in [6, 6.07) is 22.9. The number of hydrogen-bond donors (Lipinski definition) is 0. The average molecular weight is 398 g/mol. The lowest BCUT2D eigenvalue weighted by atomic mass is 10.1. The van der Waals surface area contributed by atoms with Crippen LogP contribution in [0.15, 0.2) is 84.6 Å². The molecule has 0 spiro atoms. The van der Waals surface area contributed by atoms with Crippen LogP contribution < -0.4 is 14.2 Å². The highest BCUT2D eigenvalue weighted by molar-refractivity contribution is 6.14. The summed E-state index contributed by atoms with van der Waals surface area (Å²) in [5.74, 6) is 2.14. The number of hydrogen-bond acceptors (Lipinski definition) is 4. The third-order valence-electron chi connectivity index (χ3n) is 4.59. The van der Waals surface area contributed by atoms with E-state index in [1.165, 1.54) is 0 Å². The van der Waals surface area contributed by atoms with Gasteiger partial charge in [0, 0.05) is 6.07 Å². The number of fused-ring (bicyclic) bond motifs is 1. The van der Waals surface area contributed by atoms with Crippen molar-refractivity contribution in [2.45, 2.75) is 6.92 Å². The van der Waals surface area contributed by atoms with Crippen LogP contribution >= 0.6 is 0 Å². The molecule has 0 fully saturated rings. The van der Waals surface area contributed by atoms with Gasteiger partial charge in [0.2, 0.25) is 5.78 Å². The Labute approximate surface area is 176 Å². The van der Waals surface area contributed by atoms with Crippen molar-refractivity contribution < 1.29 is 19.0 Å². The number of ketones is 1. The maximum atomic E-state index is 12.6. The molecular formula is C26H22O4. The fourth-order valence-corrected chi connectivity index (χ4v) is 3.13. The van der Waals surface area contributed by atoms with Crippen molar-refractivity contribution in [2.75, 3.05) is 13.2 Å². The van der Waals surface area contributed by atoms with Crippen LogP contribution in [0.1, 0.15) is 28.4 Å². The second-order valence-electron chi connectivity index (χ2n) is 6.72. The van der Waals surface area contributed by atoms with Gasteiger partial charge in [-0.15, -0.1) is 0 Å². The highest BCUT2D eigenvalue weighted by atomic mass is 16.5. The Morgan fingerprint density at radius 2 is 1.63 bits per heavy atom. The number of carbonyl (C=O) groups excluding carboxylic acids is 1. The molecule has 1 aliphatic rings. The number of ether oxygens (including phenoxy) is 3. The van der Waals surface area contributed by atoms with Crippen LogP contribution in [0.25, 0.3) is 12.2 Å². The molecule has 0 aliphatic carbocycles. The van der Waals surface area contributed by atoms with Gasteiger partial charge in [0.15, 0.2) is 5.76 Å². The van der Waals surface area contributed by atoms with Crippen LogP contribution in [0.5, 0.6) is 17.2 Å². The number of carbonyl (C=O) groups is 1. The third-order valence-corrected chi connectivity index (χ3v) is 4.59. The van der Waals surface area contributed by atoms with Gasteiger partial charge in [0.25, 0.3) is 0 Å². The van der Waals surface area contributed by atoms with E-state index in [-0.39, 0.29) is 5.78 Å². The van der Waals surface area contributed by atoms with E-state index in [9.17, 15) is 4.79 Å². The highest BCUT2D eigenvalue weighted by Gasteiger charge is 2.27. The summed E-state index contributed by atoms with van der Waals surface area (Å²) in [4.78, 5) is 12.6. The lowest BCUT2D eigenvalue weighted by molar-refractivity contribution is 0.101. The highest BCUT2D eigenvalue weighted by Crippen LogP contribution is 2.35. The first-order chi connectivity index (χ1) is 14.7. The molecule has 4 rings (SSSR count). The molecular weight excluding hydrogens is 376 g/mol. The Morgan fingerprint density at radius 3 is 2.40 bits per heavy atom. The van der Waals surface area contributed by atoms with Crippen LogP contribution in [0.3, 0.4) is 0 Å². The lowest BCUT2D eigenvalue weighted by Gasteiger charge is -2.05. The summed E-state index contributed by atoms with van der Waals surface area (Å²) in [7, 11) is 0. The van der Waals surface area contributed by atoms with Crippen LogP contribution in [0, 0.1) is 0 Å². The van der Waals surface area contributed by atoms with E-state index < -0.39 is 0 Å². The summed E-state index contributed by atoms with van der Waals surface area (Å²) in [5.41, 5.74) is 2.53. The largest absolute Gasteiger partial charge is 0.494 e. The quantitative estimate of drug-likeness (QED) is 0.472. The van der Waals surface area contributed by atoms with Crippen LogP contribution in [0.2, 0.25) is 0 Å². The minimum Gasteiger partial charge on any atom is -0.494 e. The third kappa shape index (κ3) is 4.61. The molecule has 1 aliphatic heterocycles. The minimum atomic E-state index is -0.130. The van der Waals surface area contributed by atoms with E-state index in [1.807, 2.05) is 73.7 Å². The zero-order valence-electron chi connectivity index (χ0n) is 16.7. The first-order valence-electron chi connectivity index (χ1n) is 9.88. The van der Waals surface area contributed by atoms with Crippen molar-refractivity contribution in [3.63, 3.8) is 0 Å². The predicted molar refractivity (Wildman–Crippen MR) is 118 cm³/mol. The zero-order chi connectivity index (χ0) is 20.8. The minimum absolute atomic E-state index is 0.130.